The van der Waals surface area contributed by atoms with Crippen LogP contribution in [0.4, 0.5) is 4.39 Å². The molecule has 1 saturated heterocycles. The first kappa shape index (κ1) is 15.2. The highest BCUT2D eigenvalue weighted by Gasteiger charge is 2.32. The average molecular weight is 303 g/mol. The molecular formula is C17H22FN3O. The average Bonchev–Trinajstić information content (AvgIpc) is 3.07. The molecule has 1 aromatic heterocycles. The quantitative estimate of drug-likeness (QED) is 0.944. The third kappa shape index (κ3) is 3.05. The standard InChI is InChI=1S/C17H22FN3O/c1-12(2)21-8-7-19-17(21)11-20-10-15(22)9-16(20)13-3-5-14(18)6-4-13/h3-8,12,15-16,22H,9-11H2,1-2H3/t15-,16+/m1/s1. The summed E-state index contributed by atoms with van der Waals surface area (Å²) in [6, 6.07) is 7.03. The Hall–Kier alpha value is -1.72. The van der Waals surface area contributed by atoms with Crippen LogP contribution in [0.1, 0.15) is 43.7 Å². The van der Waals surface area contributed by atoms with Gasteiger partial charge in [-0.25, -0.2) is 9.37 Å². The fourth-order valence-electron chi connectivity index (χ4n) is 3.20. The minimum Gasteiger partial charge on any atom is -0.392 e. The molecule has 5 heteroatoms. The van der Waals surface area contributed by atoms with Crippen molar-refractivity contribution in [1.29, 1.82) is 0 Å². The van der Waals surface area contributed by atoms with Gasteiger partial charge in [-0.3, -0.25) is 4.90 Å². The van der Waals surface area contributed by atoms with E-state index in [1.807, 2.05) is 12.4 Å². The molecular weight excluding hydrogens is 281 g/mol. The predicted molar refractivity (Wildman–Crippen MR) is 82.8 cm³/mol. The molecule has 3 rings (SSSR count). The third-order valence-electron chi connectivity index (χ3n) is 4.29. The van der Waals surface area contributed by atoms with E-state index in [-0.39, 0.29) is 18.0 Å². The van der Waals surface area contributed by atoms with Gasteiger partial charge in [0, 0.05) is 31.0 Å². The smallest absolute Gasteiger partial charge is 0.123 e. The molecule has 0 bridgehead atoms. The molecule has 1 fully saturated rings. The third-order valence-corrected chi connectivity index (χ3v) is 4.29. The van der Waals surface area contributed by atoms with Crippen LogP contribution in [0.25, 0.3) is 0 Å². The summed E-state index contributed by atoms with van der Waals surface area (Å²) in [5, 5.41) is 10.1. The fourth-order valence-corrected chi connectivity index (χ4v) is 3.20. The van der Waals surface area contributed by atoms with Crippen molar-refractivity contribution < 1.29 is 9.50 Å². The fraction of sp³-hybridized carbons (Fsp3) is 0.471. The highest BCUT2D eigenvalue weighted by atomic mass is 19.1. The molecule has 0 spiro atoms. The number of imidazole rings is 1. The summed E-state index contributed by atoms with van der Waals surface area (Å²) in [6.45, 7) is 5.56. The molecule has 1 aliphatic rings. The summed E-state index contributed by atoms with van der Waals surface area (Å²) in [5.74, 6) is 0.764. The summed E-state index contributed by atoms with van der Waals surface area (Å²) in [5.41, 5.74) is 1.04. The summed E-state index contributed by atoms with van der Waals surface area (Å²) in [7, 11) is 0. The van der Waals surface area contributed by atoms with Crippen molar-refractivity contribution in [2.75, 3.05) is 6.54 Å². The van der Waals surface area contributed by atoms with Crippen LogP contribution in [-0.4, -0.2) is 32.2 Å². The van der Waals surface area contributed by atoms with E-state index in [1.54, 1.807) is 12.1 Å². The zero-order chi connectivity index (χ0) is 15.7. The zero-order valence-electron chi connectivity index (χ0n) is 13.0. The van der Waals surface area contributed by atoms with Crippen molar-refractivity contribution >= 4 is 0 Å². The normalized spacial score (nSPS) is 22.6. The number of aliphatic hydroxyl groups is 1. The summed E-state index contributed by atoms with van der Waals surface area (Å²) >= 11 is 0. The van der Waals surface area contributed by atoms with Gasteiger partial charge in [-0.1, -0.05) is 12.1 Å². The molecule has 118 valence electrons. The molecule has 2 aromatic rings. The molecule has 1 N–H and O–H groups in total. The van der Waals surface area contributed by atoms with Gasteiger partial charge in [0.25, 0.3) is 0 Å². The molecule has 0 aliphatic carbocycles. The second-order valence-electron chi connectivity index (χ2n) is 6.23. The lowest BCUT2D eigenvalue weighted by Crippen LogP contribution is -2.26. The van der Waals surface area contributed by atoms with E-state index in [0.29, 0.717) is 25.6 Å². The first-order valence-corrected chi connectivity index (χ1v) is 7.74. The Kier molecular flexibility index (Phi) is 4.27. The van der Waals surface area contributed by atoms with E-state index < -0.39 is 0 Å². The van der Waals surface area contributed by atoms with Crippen LogP contribution in [0.5, 0.6) is 0 Å². The molecule has 22 heavy (non-hydrogen) atoms. The lowest BCUT2D eigenvalue weighted by molar-refractivity contribution is 0.170. The van der Waals surface area contributed by atoms with Gasteiger partial charge in [-0.15, -0.1) is 0 Å². The van der Waals surface area contributed by atoms with Crippen LogP contribution >= 0.6 is 0 Å². The number of hydrogen-bond donors (Lipinski definition) is 1. The van der Waals surface area contributed by atoms with Crippen LogP contribution in [0.15, 0.2) is 36.7 Å². The van der Waals surface area contributed by atoms with Crippen LogP contribution in [-0.2, 0) is 6.54 Å². The Bertz CT molecular complexity index is 623. The Morgan fingerprint density at radius 3 is 2.73 bits per heavy atom. The van der Waals surface area contributed by atoms with Crippen LogP contribution < -0.4 is 0 Å². The minimum atomic E-state index is -0.350. The SMILES string of the molecule is CC(C)n1ccnc1CN1C[C@H](O)C[C@H]1c1ccc(F)cc1. The van der Waals surface area contributed by atoms with Crippen molar-refractivity contribution in [1.82, 2.24) is 14.5 Å². The Morgan fingerprint density at radius 1 is 1.32 bits per heavy atom. The van der Waals surface area contributed by atoms with Crippen molar-refractivity contribution in [3.8, 4) is 0 Å². The van der Waals surface area contributed by atoms with Gasteiger partial charge >= 0.3 is 0 Å². The number of halogens is 1. The maximum absolute atomic E-state index is 13.1. The Morgan fingerprint density at radius 2 is 2.05 bits per heavy atom. The van der Waals surface area contributed by atoms with E-state index in [4.69, 9.17) is 0 Å². The van der Waals surface area contributed by atoms with Crippen molar-refractivity contribution in [3.63, 3.8) is 0 Å². The van der Waals surface area contributed by atoms with E-state index in [0.717, 1.165) is 11.4 Å². The molecule has 0 amide bonds. The first-order valence-electron chi connectivity index (χ1n) is 7.74. The number of nitrogens with zero attached hydrogens (tertiary/aromatic N) is 3. The first-order chi connectivity index (χ1) is 10.5. The van der Waals surface area contributed by atoms with Crippen LogP contribution in [0, 0.1) is 5.82 Å². The topological polar surface area (TPSA) is 41.3 Å². The molecule has 2 atom stereocenters. The number of hydrogen-bond acceptors (Lipinski definition) is 3. The lowest BCUT2D eigenvalue weighted by atomic mass is 10.0. The molecule has 1 aromatic carbocycles. The number of β-amino-alcohol motifs (C(OH)–C–C–N with tert-alkyl or cyclic N) is 1. The largest absolute Gasteiger partial charge is 0.392 e. The number of benzene rings is 1. The van der Waals surface area contributed by atoms with Gasteiger partial charge in [0.05, 0.1) is 12.6 Å². The van der Waals surface area contributed by atoms with E-state index in [9.17, 15) is 9.50 Å². The number of aliphatic hydroxyl groups excluding tert-OH is 1. The van der Waals surface area contributed by atoms with Gasteiger partial charge in [0.1, 0.15) is 11.6 Å². The van der Waals surface area contributed by atoms with Gasteiger partial charge in [-0.2, -0.15) is 0 Å². The Labute approximate surface area is 130 Å². The van der Waals surface area contributed by atoms with Gasteiger partial charge in [-0.05, 0) is 38.0 Å². The lowest BCUT2D eigenvalue weighted by Gasteiger charge is -2.25. The maximum Gasteiger partial charge on any atom is 0.123 e. The molecule has 0 radical (unpaired) electrons. The maximum atomic E-state index is 13.1. The molecule has 2 heterocycles. The van der Waals surface area contributed by atoms with Crippen LogP contribution in [0.2, 0.25) is 0 Å². The molecule has 4 nitrogen and oxygen atoms in total. The van der Waals surface area contributed by atoms with Gasteiger partial charge in [0.15, 0.2) is 0 Å². The van der Waals surface area contributed by atoms with E-state index >= 15 is 0 Å². The molecule has 0 unspecified atom stereocenters. The van der Waals surface area contributed by atoms with E-state index in [2.05, 4.69) is 28.3 Å². The minimum absolute atomic E-state index is 0.105. The summed E-state index contributed by atoms with van der Waals surface area (Å²) in [6.07, 6.45) is 4.12. The van der Waals surface area contributed by atoms with Gasteiger partial charge in [0.2, 0.25) is 0 Å². The Balaban J connectivity index is 1.81. The zero-order valence-corrected chi connectivity index (χ0v) is 13.0. The number of likely N-dealkylation sites (tertiary alicyclic amines) is 1. The van der Waals surface area contributed by atoms with Crippen molar-refractivity contribution in [3.05, 3.63) is 53.9 Å². The summed E-state index contributed by atoms with van der Waals surface area (Å²) in [4.78, 5) is 6.67. The molecule has 0 saturated carbocycles. The van der Waals surface area contributed by atoms with Crippen molar-refractivity contribution in [2.45, 2.75) is 45.0 Å². The molecule has 1 aliphatic heterocycles. The highest BCUT2D eigenvalue weighted by Crippen LogP contribution is 2.33. The van der Waals surface area contributed by atoms with E-state index in [1.165, 1.54) is 12.1 Å². The summed E-state index contributed by atoms with van der Waals surface area (Å²) < 4.78 is 15.3. The second kappa shape index (κ2) is 6.18. The number of rotatable bonds is 4. The monoisotopic (exact) mass is 303 g/mol. The number of aromatic nitrogens is 2. The predicted octanol–water partition coefficient (Wildman–Crippen LogP) is 2.91. The van der Waals surface area contributed by atoms with Crippen LogP contribution in [0.3, 0.4) is 0 Å². The van der Waals surface area contributed by atoms with Gasteiger partial charge < -0.3 is 9.67 Å². The van der Waals surface area contributed by atoms with Crippen molar-refractivity contribution in [2.24, 2.45) is 0 Å². The second-order valence-corrected chi connectivity index (χ2v) is 6.23. The highest BCUT2D eigenvalue weighted by molar-refractivity contribution is 5.21.